The molecule has 0 bridgehead atoms. The second-order valence-electron chi connectivity index (χ2n) is 4.79. The molecule has 3 heteroatoms. The smallest absolute Gasteiger partial charge is 0.0205 e. The fourth-order valence-corrected chi connectivity index (χ4v) is 2.80. The van der Waals surface area contributed by atoms with Gasteiger partial charge in [0.15, 0.2) is 0 Å². The number of nitrogens with one attached hydrogen (secondary N) is 2. The summed E-state index contributed by atoms with van der Waals surface area (Å²) in [6.45, 7) is 4.52. The summed E-state index contributed by atoms with van der Waals surface area (Å²) >= 11 is 3.50. The van der Waals surface area contributed by atoms with E-state index in [0.717, 1.165) is 23.5 Å². The molecule has 1 aliphatic rings. The van der Waals surface area contributed by atoms with Crippen LogP contribution in [-0.2, 0) is 6.54 Å². The summed E-state index contributed by atoms with van der Waals surface area (Å²) in [5.41, 5.74) is 1.35. The van der Waals surface area contributed by atoms with Crippen molar-refractivity contribution in [1.29, 1.82) is 0 Å². The van der Waals surface area contributed by atoms with E-state index in [1.807, 2.05) is 0 Å². The third-order valence-corrected chi connectivity index (χ3v) is 3.90. The van der Waals surface area contributed by atoms with Crippen molar-refractivity contribution in [2.75, 3.05) is 19.6 Å². The maximum atomic E-state index is 3.53. The van der Waals surface area contributed by atoms with Crippen LogP contribution in [-0.4, -0.2) is 19.6 Å². The number of rotatable bonds is 5. The highest BCUT2D eigenvalue weighted by Crippen LogP contribution is 2.15. The van der Waals surface area contributed by atoms with Gasteiger partial charge in [-0.1, -0.05) is 28.1 Å². The monoisotopic (exact) mass is 296 g/mol. The Labute approximate surface area is 112 Å². The average molecular weight is 297 g/mol. The third kappa shape index (κ3) is 4.78. The van der Waals surface area contributed by atoms with Crippen molar-refractivity contribution in [2.24, 2.45) is 5.92 Å². The highest BCUT2D eigenvalue weighted by molar-refractivity contribution is 9.10. The number of benzene rings is 1. The molecule has 0 atom stereocenters. The highest BCUT2D eigenvalue weighted by Gasteiger charge is 2.11. The molecular weight excluding hydrogens is 276 g/mol. The first-order valence-corrected chi connectivity index (χ1v) is 7.30. The van der Waals surface area contributed by atoms with Gasteiger partial charge in [-0.25, -0.2) is 0 Å². The molecule has 2 N–H and O–H groups in total. The van der Waals surface area contributed by atoms with Crippen LogP contribution in [0.4, 0.5) is 0 Å². The van der Waals surface area contributed by atoms with Gasteiger partial charge in [0.25, 0.3) is 0 Å². The largest absolute Gasteiger partial charge is 0.317 e. The van der Waals surface area contributed by atoms with E-state index in [1.165, 1.54) is 37.9 Å². The lowest BCUT2D eigenvalue weighted by Crippen LogP contribution is -2.29. The van der Waals surface area contributed by atoms with Crippen molar-refractivity contribution in [1.82, 2.24) is 10.6 Å². The summed E-state index contributed by atoms with van der Waals surface area (Å²) in [4.78, 5) is 0. The van der Waals surface area contributed by atoms with Crippen molar-refractivity contribution in [3.63, 3.8) is 0 Å². The summed E-state index contributed by atoms with van der Waals surface area (Å²) in [6.07, 6.45) is 4.01. The fraction of sp³-hybridized carbons (Fsp3) is 0.571. The minimum absolute atomic E-state index is 0.922. The normalized spacial score (nSPS) is 17.2. The SMILES string of the molecule is Brc1cccc(CNCCC2CCNCC2)c1. The molecule has 1 saturated heterocycles. The van der Waals surface area contributed by atoms with Crippen molar-refractivity contribution < 1.29 is 0 Å². The van der Waals surface area contributed by atoms with Gasteiger partial charge in [0.2, 0.25) is 0 Å². The second-order valence-corrected chi connectivity index (χ2v) is 5.70. The van der Waals surface area contributed by atoms with E-state index < -0.39 is 0 Å². The Bertz CT molecular complexity index is 335. The Kier molecular flexibility index (Phi) is 5.49. The van der Waals surface area contributed by atoms with Crippen LogP contribution in [0.3, 0.4) is 0 Å². The Morgan fingerprint density at radius 3 is 2.88 bits per heavy atom. The molecule has 0 saturated carbocycles. The molecule has 2 nitrogen and oxygen atoms in total. The van der Waals surface area contributed by atoms with Gasteiger partial charge >= 0.3 is 0 Å². The molecule has 1 aromatic rings. The van der Waals surface area contributed by atoms with Crippen molar-refractivity contribution in [2.45, 2.75) is 25.8 Å². The van der Waals surface area contributed by atoms with Crippen LogP contribution < -0.4 is 10.6 Å². The van der Waals surface area contributed by atoms with Crippen LogP contribution in [0, 0.1) is 5.92 Å². The van der Waals surface area contributed by atoms with E-state index in [4.69, 9.17) is 0 Å². The van der Waals surface area contributed by atoms with E-state index in [-0.39, 0.29) is 0 Å². The first-order valence-electron chi connectivity index (χ1n) is 6.50. The number of hydrogen-bond donors (Lipinski definition) is 2. The number of piperidine rings is 1. The molecule has 1 aromatic carbocycles. The molecule has 0 aromatic heterocycles. The minimum Gasteiger partial charge on any atom is -0.317 e. The Balaban J connectivity index is 1.62. The second kappa shape index (κ2) is 7.14. The van der Waals surface area contributed by atoms with Gasteiger partial charge in [-0.15, -0.1) is 0 Å². The zero-order chi connectivity index (χ0) is 11.9. The summed E-state index contributed by atoms with van der Waals surface area (Å²) < 4.78 is 1.16. The van der Waals surface area contributed by atoms with E-state index in [9.17, 15) is 0 Å². The maximum absolute atomic E-state index is 3.53. The van der Waals surface area contributed by atoms with Crippen LogP contribution in [0.15, 0.2) is 28.7 Å². The zero-order valence-corrected chi connectivity index (χ0v) is 11.8. The van der Waals surface area contributed by atoms with E-state index in [0.29, 0.717) is 0 Å². The van der Waals surface area contributed by atoms with Gasteiger partial charge in [-0.05, 0) is 62.5 Å². The summed E-state index contributed by atoms with van der Waals surface area (Å²) in [6, 6.07) is 8.51. The topological polar surface area (TPSA) is 24.1 Å². The van der Waals surface area contributed by atoms with E-state index in [2.05, 4.69) is 50.8 Å². The van der Waals surface area contributed by atoms with E-state index in [1.54, 1.807) is 0 Å². The van der Waals surface area contributed by atoms with Gasteiger partial charge in [-0.3, -0.25) is 0 Å². The van der Waals surface area contributed by atoms with Crippen LogP contribution in [0.1, 0.15) is 24.8 Å². The van der Waals surface area contributed by atoms with Crippen molar-refractivity contribution >= 4 is 15.9 Å². The maximum Gasteiger partial charge on any atom is 0.0205 e. The first-order chi connectivity index (χ1) is 8.34. The molecule has 17 heavy (non-hydrogen) atoms. The van der Waals surface area contributed by atoms with Gasteiger partial charge in [0, 0.05) is 11.0 Å². The predicted octanol–water partition coefficient (Wildman–Crippen LogP) is 2.93. The number of hydrogen-bond acceptors (Lipinski definition) is 2. The minimum atomic E-state index is 0.922. The molecule has 0 radical (unpaired) electrons. The highest BCUT2D eigenvalue weighted by atomic mass is 79.9. The third-order valence-electron chi connectivity index (χ3n) is 3.41. The molecule has 0 aliphatic carbocycles. The molecule has 1 aliphatic heterocycles. The van der Waals surface area contributed by atoms with Gasteiger partial charge in [0.05, 0.1) is 0 Å². The lowest BCUT2D eigenvalue weighted by atomic mass is 9.95. The molecule has 0 spiro atoms. The quantitative estimate of drug-likeness (QED) is 0.817. The lowest BCUT2D eigenvalue weighted by Gasteiger charge is -2.22. The Morgan fingerprint density at radius 2 is 2.12 bits per heavy atom. The predicted molar refractivity (Wildman–Crippen MR) is 76.1 cm³/mol. The van der Waals surface area contributed by atoms with Crippen LogP contribution in [0.5, 0.6) is 0 Å². The average Bonchev–Trinajstić information content (AvgIpc) is 2.36. The zero-order valence-electron chi connectivity index (χ0n) is 10.2. The summed E-state index contributed by atoms with van der Waals surface area (Å²) in [5, 5.41) is 6.95. The molecular formula is C14H21BrN2. The van der Waals surface area contributed by atoms with Crippen LogP contribution in [0.2, 0.25) is 0 Å². The molecule has 94 valence electrons. The number of halogens is 1. The Morgan fingerprint density at radius 1 is 1.29 bits per heavy atom. The van der Waals surface area contributed by atoms with Crippen molar-refractivity contribution in [3.8, 4) is 0 Å². The van der Waals surface area contributed by atoms with E-state index >= 15 is 0 Å². The molecule has 0 amide bonds. The molecule has 0 unspecified atom stereocenters. The molecule has 1 heterocycles. The lowest BCUT2D eigenvalue weighted by molar-refractivity contribution is 0.348. The summed E-state index contributed by atoms with van der Waals surface area (Å²) in [5.74, 6) is 0.922. The fourth-order valence-electron chi connectivity index (χ4n) is 2.36. The molecule has 1 fully saturated rings. The standard InChI is InChI=1S/C14H21BrN2/c15-14-3-1-2-13(10-14)11-17-9-6-12-4-7-16-8-5-12/h1-3,10,12,16-17H,4-9,11H2. The summed E-state index contributed by atoms with van der Waals surface area (Å²) in [7, 11) is 0. The van der Waals surface area contributed by atoms with Gasteiger partial charge < -0.3 is 10.6 Å². The first kappa shape index (κ1) is 13.1. The van der Waals surface area contributed by atoms with Gasteiger partial charge in [0.1, 0.15) is 0 Å². The van der Waals surface area contributed by atoms with Gasteiger partial charge in [-0.2, -0.15) is 0 Å². The van der Waals surface area contributed by atoms with Crippen molar-refractivity contribution in [3.05, 3.63) is 34.3 Å². The molecule has 2 rings (SSSR count). The van der Waals surface area contributed by atoms with Crippen LogP contribution in [0.25, 0.3) is 0 Å². The Hall–Kier alpha value is -0.380. The van der Waals surface area contributed by atoms with Crippen LogP contribution >= 0.6 is 15.9 Å².